The van der Waals surface area contributed by atoms with Crippen LogP contribution < -0.4 is 5.73 Å². The summed E-state index contributed by atoms with van der Waals surface area (Å²) >= 11 is 0. The Morgan fingerprint density at radius 3 is 2.69 bits per heavy atom. The topological polar surface area (TPSA) is 43.8 Å². The Hall–Kier alpha value is -1.61. The Morgan fingerprint density at radius 2 is 2.06 bits per heavy atom. The maximum absolute atomic E-state index is 5.57. The third kappa shape index (κ3) is 2.14. The number of aromatic nitrogens is 2. The second-order valence-corrected chi connectivity index (χ2v) is 4.06. The molecule has 2 N–H and O–H groups in total. The highest BCUT2D eigenvalue weighted by Crippen LogP contribution is 2.16. The predicted molar refractivity (Wildman–Crippen MR) is 65.8 cm³/mol. The minimum absolute atomic E-state index is 0.681. The van der Waals surface area contributed by atoms with Crippen LogP contribution in [0.3, 0.4) is 0 Å². The Labute approximate surface area is 95.9 Å². The summed E-state index contributed by atoms with van der Waals surface area (Å²) in [5.41, 5.74) is 10.2. The minimum atomic E-state index is 0.681. The van der Waals surface area contributed by atoms with E-state index in [2.05, 4.69) is 30.2 Å². The summed E-state index contributed by atoms with van der Waals surface area (Å²) in [7, 11) is 0. The van der Waals surface area contributed by atoms with Crippen LogP contribution in [0, 0.1) is 13.8 Å². The molecule has 0 atom stereocenters. The van der Waals surface area contributed by atoms with Crippen molar-refractivity contribution < 1.29 is 0 Å². The first kappa shape index (κ1) is 10.9. The fourth-order valence-electron chi connectivity index (χ4n) is 1.77. The molecule has 16 heavy (non-hydrogen) atoms. The smallest absolute Gasteiger partial charge is 0.0677 e. The molecule has 0 spiro atoms. The highest BCUT2D eigenvalue weighted by atomic mass is 15.3. The summed E-state index contributed by atoms with van der Waals surface area (Å²) in [6.07, 6.45) is 2.90. The summed E-state index contributed by atoms with van der Waals surface area (Å²) in [5, 5.41) is 4.43. The quantitative estimate of drug-likeness (QED) is 0.851. The van der Waals surface area contributed by atoms with Gasteiger partial charge in [-0.25, -0.2) is 4.68 Å². The van der Waals surface area contributed by atoms with Crippen molar-refractivity contribution in [2.24, 2.45) is 5.73 Å². The van der Waals surface area contributed by atoms with Gasteiger partial charge in [0, 0.05) is 6.20 Å². The standard InChI is InChI=1S/C13H17N3/c1-10-3-4-12(5-7-14)9-13(10)16-8-6-11(2)15-16/h3-4,6,8-9H,5,7,14H2,1-2H3. The van der Waals surface area contributed by atoms with Crippen LogP contribution in [0.4, 0.5) is 0 Å². The zero-order valence-electron chi connectivity index (χ0n) is 9.77. The van der Waals surface area contributed by atoms with Crippen molar-refractivity contribution in [2.45, 2.75) is 20.3 Å². The van der Waals surface area contributed by atoms with Gasteiger partial charge in [0.15, 0.2) is 0 Å². The van der Waals surface area contributed by atoms with Crippen molar-refractivity contribution in [3.05, 3.63) is 47.3 Å². The van der Waals surface area contributed by atoms with Crippen molar-refractivity contribution in [3.8, 4) is 5.69 Å². The van der Waals surface area contributed by atoms with Crippen LogP contribution in [-0.2, 0) is 6.42 Å². The molecule has 0 aliphatic carbocycles. The molecule has 2 aromatic rings. The molecule has 1 aromatic heterocycles. The molecular weight excluding hydrogens is 198 g/mol. The van der Waals surface area contributed by atoms with Crippen molar-refractivity contribution in [1.29, 1.82) is 0 Å². The first-order chi connectivity index (χ1) is 7.70. The van der Waals surface area contributed by atoms with E-state index >= 15 is 0 Å². The maximum atomic E-state index is 5.57. The first-order valence-corrected chi connectivity index (χ1v) is 5.53. The van der Waals surface area contributed by atoms with Crippen molar-refractivity contribution in [1.82, 2.24) is 9.78 Å². The number of hydrogen-bond donors (Lipinski definition) is 1. The van der Waals surface area contributed by atoms with Gasteiger partial charge in [0.05, 0.1) is 11.4 Å². The van der Waals surface area contributed by atoms with E-state index in [-0.39, 0.29) is 0 Å². The van der Waals surface area contributed by atoms with E-state index in [1.165, 1.54) is 11.1 Å². The van der Waals surface area contributed by atoms with E-state index in [4.69, 9.17) is 5.73 Å². The molecule has 84 valence electrons. The molecule has 0 unspecified atom stereocenters. The van der Waals surface area contributed by atoms with Crippen LogP contribution in [0.5, 0.6) is 0 Å². The zero-order valence-corrected chi connectivity index (χ0v) is 9.77. The Balaban J connectivity index is 2.42. The summed E-state index contributed by atoms with van der Waals surface area (Å²) in [6, 6.07) is 8.42. The van der Waals surface area contributed by atoms with Crippen LogP contribution in [0.1, 0.15) is 16.8 Å². The van der Waals surface area contributed by atoms with E-state index < -0.39 is 0 Å². The second kappa shape index (κ2) is 4.49. The van der Waals surface area contributed by atoms with Crippen molar-refractivity contribution in [2.75, 3.05) is 6.54 Å². The molecule has 2 rings (SSSR count). The van der Waals surface area contributed by atoms with Gasteiger partial charge in [-0.3, -0.25) is 0 Å². The largest absolute Gasteiger partial charge is 0.330 e. The first-order valence-electron chi connectivity index (χ1n) is 5.53. The SMILES string of the molecule is Cc1ccn(-c2cc(CCN)ccc2C)n1. The van der Waals surface area contributed by atoms with Gasteiger partial charge in [-0.2, -0.15) is 5.10 Å². The predicted octanol–water partition coefficient (Wildman–Crippen LogP) is 1.99. The number of hydrogen-bond acceptors (Lipinski definition) is 2. The molecule has 1 aromatic carbocycles. The van der Waals surface area contributed by atoms with Crippen LogP contribution in [0.15, 0.2) is 30.5 Å². The molecule has 0 bridgehead atoms. The van der Waals surface area contributed by atoms with Crippen LogP contribution in [0.25, 0.3) is 5.69 Å². The van der Waals surface area contributed by atoms with Gasteiger partial charge in [0.1, 0.15) is 0 Å². The Bertz CT molecular complexity index is 486. The van der Waals surface area contributed by atoms with Gasteiger partial charge in [0.2, 0.25) is 0 Å². The molecule has 0 saturated carbocycles. The summed E-state index contributed by atoms with van der Waals surface area (Å²) < 4.78 is 1.92. The average Bonchev–Trinajstić information content (AvgIpc) is 2.68. The van der Waals surface area contributed by atoms with Gasteiger partial charge in [0.25, 0.3) is 0 Å². The summed E-state index contributed by atoms with van der Waals surface area (Å²) in [4.78, 5) is 0. The second-order valence-electron chi connectivity index (χ2n) is 4.06. The lowest BCUT2D eigenvalue weighted by atomic mass is 10.1. The normalized spacial score (nSPS) is 10.7. The van der Waals surface area contributed by atoms with E-state index in [1.807, 2.05) is 23.9 Å². The fraction of sp³-hybridized carbons (Fsp3) is 0.308. The minimum Gasteiger partial charge on any atom is -0.330 e. The molecule has 0 aliphatic heterocycles. The van der Waals surface area contributed by atoms with Gasteiger partial charge in [-0.15, -0.1) is 0 Å². The molecule has 0 amide bonds. The summed E-state index contributed by atoms with van der Waals surface area (Å²) in [5.74, 6) is 0. The van der Waals surface area contributed by atoms with Gasteiger partial charge < -0.3 is 5.73 Å². The van der Waals surface area contributed by atoms with Gasteiger partial charge >= 0.3 is 0 Å². The van der Waals surface area contributed by atoms with Gasteiger partial charge in [-0.05, 0) is 50.1 Å². The monoisotopic (exact) mass is 215 g/mol. The molecule has 0 fully saturated rings. The Morgan fingerprint density at radius 1 is 1.25 bits per heavy atom. The molecular formula is C13H17N3. The van der Waals surface area contributed by atoms with E-state index in [1.54, 1.807) is 0 Å². The number of benzene rings is 1. The average molecular weight is 215 g/mol. The van der Waals surface area contributed by atoms with Gasteiger partial charge in [-0.1, -0.05) is 12.1 Å². The van der Waals surface area contributed by atoms with Crippen LogP contribution >= 0.6 is 0 Å². The number of aryl methyl sites for hydroxylation is 2. The van der Waals surface area contributed by atoms with E-state index in [0.29, 0.717) is 6.54 Å². The molecule has 1 heterocycles. The third-order valence-electron chi connectivity index (χ3n) is 2.68. The van der Waals surface area contributed by atoms with Crippen molar-refractivity contribution >= 4 is 0 Å². The Kier molecular flexibility index (Phi) is 3.06. The zero-order chi connectivity index (χ0) is 11.5. The maximum Gasteiger partial charge on any atom is 0.0677 e. The molecule has 0 saturated heterocycles. The molecule has 0 aliphatic rings. The lowest BCUT2D eigenvalue weighted by molar-refractivity contribution is 0.850. The molecule has 0 radical (unpaired) electrons. The third-order valence-corrected chi connectivity index (χ3v) is 2.68. The van der Waals surface area contributed by atoms with Crippen LogP contribution in [-0.4, -0.2) is 16.3 Å². The van der Waals surface area contributed by atoms with E-state index in [9.17, 15) is 0 Å². The lowest BCUT2D eigenvalue weighted by Crippen LogP contribution is -2.05. The number of rotatable bonds is 3. The molecule has 3 heteroatoms. The van der Waals surface area contributed by atoms with E-state index in [0.717, 1.165) is 17.8 Å². The van der Waals surface area contributed by atoms with Crippen LogP contribution in [0.2, 0.25) is 0 Å². The highest BCUT2D eigenvalue weighted by Gasteiger charge is 2.03. The number of nitrogens with two attached hydrogens (primary N) is 1. The molecule has 3 nitrogen and oxygen atoms in total. The van der Waals surface area contributed by atoms with Crippen molar-refractivity contribution in [3.63, 3.8) is 0 Å². The highest BCUT2D eigenvalue weighted by molar-refractivity contribution is 5.42. The lowest BCUT2D eigenvalue weighted by Gasteiger charge is -2.08. The fourth-order valence-corrected chi connectivity index (χ4v) is 1.77. The number of nitrogens with zero attached hydrogens (tertiary/aromatic N) is 2. The summed E-state index contributed by atoms with van der Waals surface area (Å²) in [6.45, 7) is 4.77.